The van der Waals surface area contributed by atoms with Gasteiger partial charge in [0.15, 0.2) is 5.69 Å². The van der Waals surface area contributed by atoms with E-state index in [4.69, 9.17) is 4.74 Å². The first kappa shape index (κ1) is 22.3. The Labute approximate surface area is 188 Å². The minimum absolute atomic E-state index is 0.0123. The lowest BCUT2D eigenvalue weighted by atomic mass is 10.0. The van der Waals surface area contributed by atoms with Gasteiger partial charge in [-0.15, -0.1) is 0 Å². The van der Waals surface area contributed by atoms with Crippen LogP contribution in [-0.2, 0) is 13.2 Å². The molecule has 0 aliphatic carbocycles. The van der Waals surface area contributed by atoms with Gasteiger partial charge in [-0.1, -0.05) is 12.1 Å². The lowest BCUT2D eigenvalue weighted by Gasteiger charge is -2.12. The molecule has 6 nitrogen and oxygen atoms in total. The molecule has 1 amide bonds. The number of anilines is 1. The van der Waals surface area contributed by atoms with Crippen LogP contribution >= 0.6 is 0 Å². The summed E-state index contributed by atoms with van der Waals surface area (Å²) in [5.41, 5.74) is 0.467. The van der Waals surface area contributed by atoms with Crippen LogP contribution in [0.1, 0.15) is 29.9 Å². The second-order valence-electron chi connectivity index (χ2n) is 7.77. The fourth-order valence-electron chi connectivity index (χ4n) is 3.56. The van der Waals surface area contributed by atoms with Crippen molar-refractivity contribution in [1.29, 1.82) is 0 Å². The van der Waals surface area contributed by atoms with Gasteiger partial charge in [-0.2, -0.15) is 18.3 Å². The molecule has 0 atom stereocenters. The van der Waals surface area contributed by atoms with E-state index in [1.165, 1.54) is 25.5 Å². The van der Waals surface area contributed by atoms with Gasteiger partial charge in [0.1, 0.15) is 5.75 Å². The van der Waals surface area contributed by atoms with Crippen LogP contribution in [0.3, 0.4) is 0 Å². The molecule has 0 saturated heterocycles. The van der Waals surface area contributed by atoms with Gasteiger partial charge < -0.3 is 10.1 Å². The number of para-hydroxylation sites is 1. The van der Waals surface area contributed by atoms with Gasteiger partial charge in [0.25, 0.3) is 5.91 Å². The number of hydrogen-bond donors (Lipinski definition) is 1. The van der Waals surface area contributed by atoms with Crippen molar-refractivity contribution < 1.29 is 22.7 Å². The number of ether oxygens (including phenoxy) is 1. The van der Waals surface area contributed by atoms with Crippen LogP contribution in [0, 0.1) is 0 Å². The number of nitrogens with zero attached hydrogens (tertiary/aromatic N) is 3. The molecule has 0 fully saturated rings. The Morgan fingerprint density at radius 2 is 1.79 bits per heavy atom. The highest BCUT2D eigenvalue weighted by molar-refractivity contribution is 6.10. The molecular weight excluding hydrogens is 433 g/mol. The number of carbonyl (C=O) groups is 1. The number of halogens is 3. The normalized spacial score (nSPS) is 11.7. The number of rotatable bonds is 5. The Balaban J connectivity index is 1.70. The molecule has 4 rings (SSSR count). The van der Waals surface area contributed by atoms with Crippen molar-refractivity contribution in [3.8, 4) is 16.9 Å². The number of hydrogen-bond acceptors (Lipinski definition) is 4. The SMILES string of the molecule is CC(C)Oc1ccc(C(=O)Nc2cccc3c(-c4cn(C)nc4C(F)(F)F)ccnc23)cc1. The predicted octanol–water partition coefficient (Wildman–Crippen LogP) is 5.69. The molecule has 0 bridgehead atoms. The second-order valence-corrected chi connectivity index (χ2v) is 7.77. The number of fused-ring (bicyclic) bond motifs is 1. The number of pyridine rings is 1. The molecule has 0 spiro atoms. The predicted molar refractivity (Wildman–Crippen MR) is 119 cm³/mol. The van der Waals surface area contributed by atoms with Gasteiger partial charge in [0, 0.05) is 36.0 Å². The zero-order chi connectivity index (χ0) is 23.8. The number of nitrogens with one attached hydrogen (secondary N) is 1. The molecule has 170 valence electrons. The molecule has 2 aromatic carbocycles. The molecule has 2 heterocycles. The monoisotopic (exact) mass is 454 g/mol. The first-order valence-electron chi connectivity index (χ1n) is 10.2. The van der Waals surface area contributed by atoms with Gasteiger partial charge in [0.2, 0.25) is 0 Å². The number of alkyl halides is 3. The van der Waals surface area contributed by atoms with Crippen LogP contribution in [0.5, 0.6) is 5.75 Å². The Morgan fingerprint density at radius 1 is 1.06 bits per heavy atom. The largest absolute Gasteiger partial charge is 0.491 e. The smallest absolute Gasteiger partial charge is 0.435 e. The lowest BCUT2D eigenvalue weighted by molar-refractivity contribution is -0.140. The molecule has 0 saturated carbocycles. The standard InChI is InChI=1S/C24H21F3N4O2/c1-14(2)33-16-9-7-15(8-10-16)23(32)29-20-6-4-5-18-17(11-12-28-21(18)20)19-13-31(3)30-22(19)24(25,26)27/h4-14H,1-3H3,(H,29,32). The van der Waals surface area contributed by atoms with Gasteiger partial charge in [-0.25, -0.2) is 0 Å². The van der Waals surface area contributed by atoms with Gasteiger partial charge in [-0.3, -0.25) is 14.5 Å². The van der Waals surface area contributed by atoms with Crippen molar-refractivity contribution in [2.24, 2.45) is 7.05 Å². The summed E-state index contributed by atoms with van der Waals surface area (Å²) in [6, 6.07) is 13.2. The third kappa shape index (κ3) is 4.67. The van der Waals surface area contributed by atoms with E-state index in [9.17, 15) is 18.0 Å². The minimum atomic E-state index is -4.61. The van der Waals surface area contributed by atoms with Gasteiger partial charge >= 0.3 is 6.18 Å². The van der Waals surface area contributed by atoms with E-state index in [0.717, 1.165) is 4.68 Å². The summed E-state index contributed by atoms with van der Waals surface area (Å²) >= 11 is 0. The average Bonchev–Trinajstić information content (AvgIpc) is 3.16. The topological polar surface area (TPSA) is 69.0 Å². The van der Waals surface area contributed by atoms with Crippen LogP contribution < -0.4 is 10.1 Å². The number of aryl methyl sites for hydroxylation is 1. The molecule has 33 heavy (non-hydrogen) atoms. The quantitative estimate of drug-likeness (QED) is 0.420. The molecule has 4 aromatic rings. The maximum absolute atomic E-state index is 13.5. The Hall–Kier alpha value is -3.88. The summed E-state index contributed by atoms with van der Waals surface area (Å²) < 4.78 is 47.3. The van der Waals surface area contributed by atoms with E-state index < -0.39 is 11.9 Å². The van der Waals surface area contributed by atoms with Crippen molar-refractivity contribution in [3.05, 3.63) is 72.2 Å². The van der Waals surface area contributed by atoms with Crippen LogP contribution in [0.4, 0.5) is 18.9 Å². The summed E-state index contributed by atoms with van der Waals surface area (Å²) in [6.45, 7) is 3.82. The first-order valence-corrected chi connectivity index (χ1v) is 10.2. The third-order valence-corrected chi connectivity index (χ3v) is 4.89. The highest BCUT2D eigenvalue weighted by Gasteiger charge is 2.37. The van der Waals surface area contributed by atoms with Crippen molar-refractivity contribution in [1.82, 2.24) is 14.8 Å². The fraction of sp³-hybridized carbons (Fsp3) is 0.208. The van der Waals surface area contributed by atoms with Crippen molar-refractivity contribution >= 4 is 22.5 Å². The molecule has 9 heteroatoms. The molecule has 1 N–H and O–H groups in total. The van der Waals surface area contributed by atoms with E-state index in [-0.39, 0.29) is 17.6 Å². The van der Waals surface area contributed by atoms with E-state index in [1.54, 1.807) is 42.5 Å². The molecule has 0 unspecified atom stereocenters. The minimum Gasteiger partial charge on any atom is -0.491 e. The van der Waals surface area contributed by atoms with Crippen molar-refractivity contribution in [2.75, 3.05) is 5.32 Å². The molecule has 0 radical (unpaired) electrons. The summed E-state index contributed by atoms with van der Waals surface area (Å²) in [4.78, 5) is 17.1. The van der Waals surface area contributed by atoms with Gasteiger partial charge in [-0.05, 0) is 55.8 Å². The summed E-state index contributed by atoms with van der Waals surface area (Å²) in [5.74, 6) is 0.276. The number of carbonyl (C=O) groups excluding carboxylic acids is 1. The third-order valence-electron chi connectivity index (χ3n) is 4.89. The summed E-state index contributed by atoms with van der Waals surface area (Å²) in [6.07, 6.45) is -1.86. The zero-order valence-corrected chi connectivity index (χ0v) is 18.1. The van der Waals surface area contributed by atoms with Crippen molar-refractivity contribution in [2.45, 2.75) is 26.1 Å². The van der Waals surface area contributed by atoms with E-state index in [0.29, 0.717) is 33.5 Å². The number of amides is 1. The van der Waals surface area contributed by atoms with E-state index >= 15 is 0 Å². The number of benzene rings is 2. The fourth-order valence-corrected chi connectivity index (χ4v) is 3.56. The van der Waals surface area contributed by atoms with Gasteiger partial charge in [0.05, 0.1) is 17.3 Å². The van der Waals surface area contributed by atoms with Crippen LogP contribution in [0.15, 0.2) is 60.9 Å². The highest BCUT2D eigenvalue weighted by atomic mass is 19.4. The maximum atomic E-state index is 13.5. The average molecular weight is 454 g/mol. The molecule has 2 aromatic heterocycles. The maximum Gasteiger partial charge on any atom is 0.435 e. The Morgan fingerprint density at radius 3 is 2.45 bits per heavy atom. The zero-order valence-electron chi connectivity index (χ0n) is 18.1. The van der Waals surface area contributed by atoms with Crippen LogP contribution in [-0.4, -0.2) is 26.8 Å². The molecular formula is C24H21F3N4O2. The second kappa shape index (κ2) is 8.57. The summed E-state index contributed by atoms with van der Waals surface area (Å²) in [5, 5.41) is 6.86. The number of aromatic nitrogens is 3. The lowest BCUT2D eigenvalue weighted by Crippen LogP contribution is -2.13. The summed E-state index contributed by atoms with van der Waals surface area (Å²) in [7, 11) is 1.44. The first-order chi connectivity index (χ1) is 15.6. The Kier molecular flexibility index (Phi) is 5.80. The molecule has 0 aliphatic heterocycles. The van der Waals surface area contributed by atoms with Crippen LogP contribution in [0.25, 0.3) is 22.0 Å². The van der Waals surface area contributed by atoms with Crippen LogP contribution in [0.2, 0.25) is 0 Å². The Bertz CT molecular complexity index is 1310. The highest BCUT2D eigenvalue weighted by Crippen LogP contribution is 2.39. The van der Waals surface area contributed by atoms with E-state index in [1.807, 2.05) is 13.8 Å². The molecule has 0 aliphatic rings. The van der Waals surface area contributed by atoms with Crippen molar-refractivity contribution in [3.63, 3.8) is 0 Å². The van der Waals surface area contributed by atoms with E-state index in [2.05, 4.69) is 15.4 Å².